The Labute approximate surface area is 133 Å². The minimum absolute atomic E-state index is 0.0884. The number of carbonyl (C=O) groups excluding carboxylic acids is 1. The Morgan fingerprint density at radius 2 is 2.14 bits per heavy atom. The number of benzene rings is 1. The number of nitrogens with zero attached hydrogens (tertiary/aromatic N) is 2. The van der Waals surface area contributed by atoms with E-state index in [1.54, 1.807) is 6.07 Å². The van der Waals surface area contributed by atoms with Crippen LogP contribution in [-0.4, -0.2) is 30.0 Å². The molecule has 2 aromatic rings. The molecule has 1 aliphatic heterocycles. The van der Waals surface area contributed by atoms with Crippen molar-refractivity contribution >= 4 is 32.6 Å². The Hall–Kier alpha value is -1.69. The summed E-state index contributed by atoms with van der Waals surface area (Å²) in [5, 5.41) is 3.90. The van der Waals surface area contributed by atoms with E-state index in [0.29, 0.717) is 0 Å². The number of hydrogen-bond acceptors (Lipinski definition) is 4. The summed E-state index contributed by atoms with van der Waals surface area (Å²) in [6.07, 6.45) is 1.67. The third-order valence-electron chi connectivity index (χ3n) is 3.91. The number of rotatable bonds is 3. The van der Waals surface area contributed by atoms with Crippen LogP contribution in [0.5, 0.6) is 0 Å². The lowest BCUT2D eigenvalue weighted by Gasteiger charge is -2.31. The first-order chi connectivity index (χ1) is 10.5. The molecular weight excluding hydrogens is 301 g/mol. The van der Waals surface area contributed by atoms with Crippen molar-refractivity contribution in [3.63, 3.8) is 0 Å². The van der Waals surface area contributed by atoms with Gasteiger partial charge in [0.1, 0.15) is 5.82 Å². The van der Waals surface area contributed by atoms with E-state index < -0.39 is 0 Å². The van der Waals surface area contributed by atoms with Crippen LogP contribution in [0.3, 0.4) is 0 Å². The molecule has 4 nitrogen and oxygen atoms in total. The van der Waals surface area contributed by atoms with Gasteiger partial charge >= 0.3 is 0 Å². The number of anilines is 1. The maximum Gasteiger partial charge on any atom is 0.223 e. The van der Waals surface area contributed by atoms with Gasteiger partial charge in [-0.15, -0.1) is 0 Å². The zero-order valence-corrected chi connectivity index (χ0v) is 13.6. The average molecular weight is 321 g/mol. The van der Waals surface area contributed by atoms with E-state index in [2.05, 4.69) is 15.2 Å². The van der Waals surface area contributed by atoms with Crippen molar-refractivity contribution in [1.29, 1.82) is 0 Å². The number of thiazole rings is 1. The Balaban J connectivity index is 1.66. The summed E-state index contributed by atoms with van der Waals surface area (Å²) in [4.78, 5) is 18.8. The molecule has 0 radical (unpaired) electrons. The Kier molecular flexibility index (Phi) is 4.29. The van der Waals surface area contributed by atoms with Crippen molar-refractivity contribution in [2.45, 2.75) is 32.7 Å². The highest BCUT2D eigenvalue weighted by Gasteiger charge is 2.26. The number of piperidine rings is 1. The molecule has 1 N–H and O–H groups in total. The van der Waals surface area contributed by atoms with Gasteiger partial charge in [-0.05, 0) is 44.9 Å². The standard InChI is InChI=1S/C16H20FN3OS/c1-10(2)18-15(21)11-5-7-20(8-6-11)16-19-13-4-3-12(17)9-14(13)22-16/h3-4,9-11H,5-8H2,1-2H3,(H,18,21). The maximum absolute atomic E-state index is 13.3. The van der Waals surface area contributed by atoms with Crippen LogP contribution in [0.1, 0.15) is 26.7 Å². The van der Waals surface area contributed by atoms with E-state index in [9.17, 15) is 9.18 Å². The summed E-state index contributed by atoms with van der Waals surface area (Å²) < 4.78 is 14.1. The van der Waals surface area contributed by atoms with Crippen molar-refractivity contribution < 1.29 is 9.18 Å². The van der Waals surface area contributed by atoms with Gasteiger partial charge < -0.3 is 10.2 Å². The molecule has 1 aliphatic rings. The molecule has 1 saturated heterocycles. The predicted octanol–water partition coefficient (Wildman–Crippen LogP) is 3.18. The number of nitrogens with one attached hydrogen (secondary N) is 1. The third kappa shape index (κ3) is 3.21. The molecule has 1 amide bonds. The van der Waals surface area contributed by atoms with Crippen LogP contribution < -0.4 is 10.2 Å². The number of aromatic nitrogens is 1. The van der Waals surface area contributed by atoms with Gasteiger partial charge in [0.05, 0.1) is 10.2 Å². The number of hydrogen-bond donors (Lipinski definition) is 1. The summed E-state index contributed by atoms with van der Waals surface area (Å²) >= 11 is 1.51. The summed E-state index contributed by atoms with van der Waals surface area (Å²) in [6.45, 7) is 5.59. The van der Waals surface area contributed by atoms with E-state index in [0.717, 1.165) is 41.3 Å². The zero-order valence-electron chi connectivity index (χ0n) is 12.8. The first kappa shape index (κ1) is 15.2. The summed E-state index contributed by atoms with van der Waals surface area (Å²) in [7, 11) is 0. The van der Waals surface area contributed by atoms with Crippen LogP contribution >= 0.6 is 11.3 Å². The fraction of sp³-hybridized carbons (Fsp3) is 0.500. The third-order valence-corrected chi connectivity index (χ3v) is 4.99. The smallest absolute Gasteiger partial charge is 0.223 e. The molecule has 3 rings (SSSR count). The quantitative estimate of drug-likeness (QED) is 0.944. The molecule has 0 unspecified atom stereocenters. The van der Waals surface area contributed by atoms with Crippen molar-refractivity contribution in [2.24, 2.45) is 5.92 Å². The highest BCUT2D eigenvalue weighted by molar-refractivity contribution is 7.22. The van der Waals surface area contributed by atoms with Crippen molar-refractivity contribution in [3.05, 3.63) is 24.0 Å². The summed E-state index contributed by atoms with van der Waals surface area (Å²) in [5.74, 6) is 0.0123. The molecule has 0 aliphatic carbocycles. The number of amides is 1. The van der Waals surface area contributed by atoms with E-state index in [4.69, 9.17) is 0 Å². The summed E-state index contributed by atoms with van der Waals surface area (Å²) in [6, 6.07) is 4.87. The fourth-order valence-corrected chi connectivity index (χ4v) is 3.80. The maximum atomic E-state index is 13.3. The minimum Gasteiger partial charge on any atom is -0.354 e. The number of fused-ring (bicyclic) bond motifs is 1. The largest absolute Gasteiger partial charge is 0.354 e. The van der Waals surface area contributed by atoms with E-state index in [1.807, 2.05) is 13.8 Å². The average Bonchev–Trinajstić information content (AvgIpc) is 2.89. The highest BCUT2D eigenvalue weighted by Crippen LogP contribution is 2.31. The topological polar surface area (TPSA) is 45.2 Å². The number of carbonyl (C=O) groups is 1. The van der Waals surface area contributed by atoms with Crippen LogP contribution in [0.15, 0.2) is 18.2 Å². The lowest BCUT2D eigenvalue weighted by Crippen LogP contribution is -2.42. The van der Waals surface area contributed by atoms with Gasteiger partial charge in [0.2, 0.25) is 5.91 Å². The highest BCUT2D eigenvalue weighted by atomic mass is 32.1. The van der Waals surface area contributed by atoms with Crippen LogP contribution in [0.25, 0.3) is 10.2 Å². The monoisotopic (exact) mass is 321 g/mol. The molecule has 1 aromatic carbocycles. The second-order valence-corrected chi connectivity index (χ2v) is 7.04. The van der Waals surface area contributed by atoms with Crippen LogP contribution in [0.4, 0.5) is 9.52 Å². The van der Waals surface area contributed by atoms with Gasteiger partial charge in [-0.1, -0.05) is 11.3 Å². The Morgan fingerprint density at radius 3 is 2.82 bits per heavy atom. The fourth-order valence-electron chi connectivity index (χ4n) is 2.76. The van der Waals surface area contributed by atoms with Gasteiger partial charge in [-0.2, -0.15) is 0 Å². The molecule has 1 aromatic heterocycles. The van der Waals surface area contributed by atoms with E-state index in [1.165, 1.54) is 23.5 Å². The molecule has 1 fully saturated rings. The molecule has 0 saturated carbocycles. The minimum atomic E-state index is -0.230. The second kappa shape index (κ2) is 6.20. The van der Waals surface area contributed by atoms with Gasteiger partial charge in [-0.25, -0.2) is 9.37 Å². The van der Waals surface area contributed by atoms with Crippen LogP contribution in [0, 0.1) is 11.7 Å². The molecule has 6 heteroatoms. The predicted molar refractivity (Wildman–Crippen MR) is 87.8 cm³/mol. The van der Waals surface area contributed by atoms with Crippen molar-refractivity contribution in [1.82, 2.24) is 10.3 Å². The second-order valence-electron chi connectivity index (χ2n) is 6.03. The zero-order chi connectivity index (χ0) is 15.7. The van der Waals surface area contributed by atoms with Gasteiger partial charge in [-0.3, -0.25) is 4.79 Å². The normalized spacial score (nSPS) is 16.5. The Morgan fingerprint density at radius 1 is 1.41 bits per heavy atom. The van der Waals surface area contributed by atoms with Gasteiger partial charge in [0.15, 0.2) is 5.13 Å². The van der Waals surface area contributed by atoms with Crippen molar-refractivity contribution in [3.8, 4) is 0 Å². The molecule has 0 spiro atoms. The van der Waals surface area contributed by atoms with Gasteiger partial charge in [0, 0.05) is 25.0 Å². The lowest BCUT2D eigenvalue weighted by atomic mass is 9.96. The lowest BCUT2D eigenvalue weighted by molar-refractivity contribution is -0.126. The van der Waals surface area contributed by atoms with Gasteiger partial charge in [0.25, 0.3) is 0 Å². The Bertz CT molecular complexity index is 677. The van der Waals surface area contributed by atoms with E-state index in [-0.39, 0.29) is 23.7 Å². The van der Waals surface area contributed by atoms with Crippen LogP contribution in [-0.2, 0) is 4.79 Å². The SMILES string of the molecule is CC(C)NC(=O)C1CCN(c2nc3ccc(F)cc3s2)CC1. The molecule has 0 atom stereocenters. The number of halogens is 1. The molecule has 22 heavy (non-hydrogen) atoms. The molecular formula is C16H20FN3OS. The first-order valence-corrected chi connectivity index (χ1v) is 8.46. The van der Waals surface area contributed by atoms with Crippen LogP contribution in [0.2, 0.25) is 0 Å². The molecule has 118 valence electrons. The molecule has 0 bridgehead atoms. The van der Waals surface area contributed by atoms with E-state index >= 15 is 0 Å². The molecule has 2 heterocycles. The first-order valence-electron chi connectivity index (χ1n) is 7.64. The van der Waals surface area contributed by atoms with Crippen molar-refractivity contribution in [2.75, 3.05) is 18.0 Å². The summed E-state index contributed by atoms with van der Waals surface area (Å²) in [5.41, 5.74) is 0.834.